The lowest BCUT2D eigenvalue weighted by Crippen LogP contribution is -2.57. The molecule has 72 valence electrons. The van der Waals surface area contributed by atoms with E-state index in [0.717, 1.165) is 13.0 Å². The van der Waals surface area contributed by atoms with Crippen LogP contribution in [0.4, 0.5) is 0 Å². The average molecular weight is 173 g/mol. The smallest absolute Gasteiger partial charge is 0.0984 e. The molecule has 1 saturated carbocycles. The van der Waals surface area contributed by atoms with Gasteiger partial charge in [0.2, 0.25) is 0 Å². The van der Waals surface area contributed by atoms with Crippen molar-refractivity contribution in [2.45, 2.75) is 38.5 Å². The largest absolute Gasteiger partial charge is 0.377 e. The molecule has 12 heavy (non-hydrogen) atoms. The molecule has 0 amide bonds. The zero-order valence-electron chi connectivity index (χ0n) is 8.12. The quantitative estimate of drug-likeness (QED) is 0.683. The van der Waals surface area contributed by atoms with E-state index in [-0.39, 0.29) is 18.2 Å². The highest BCUT2D eigenvalue weighted by Gasteiger charge is 2.39. The Kier molecular flexibility index (Phi) is 3.50. The molecule has 3 unspecified atom stereocenters. The molecule has 1 rings (SSSR count). The number of nitrogens with two attached hydrogens (primary N) is 1. The first-order valence-electron chi connectivity index (χ1n) is 4.55. The van der Waals surface area contributed by atoms with Crippen molar-refractivity contribution in [2.24, 2.45) is 11.7 Å². The van der Waals surface area contributed by atoms with E-state index >= 15 is 0 Å². The SMILES string of the molecule is COC1C(N)CC1OCC(C)C. The minimum atomic E-state index is 0.115. The maximum atomic E-state index is 5.73. The third-order valence-electron chi connectivity index (χ3n) is 2.21. The summed E-state index contributed by atoms with van der Waals surface area (Å²) in [7, 11) is 1.69. The Hall–Kier alpha value is -0.120. The molecule has 0 aromatic rings. The van der Waals surface area contributed by atoms with Gasteiger partial charge in [0.25, 0.3) is 0 Å². The summed E-state index contributed by atoms with van der Waals surface area (Å²) in [5.41, 5.74) is 5.73. The van der Waals surface area contributed by atoms with Crippen molar-refractivity contribution in [1.82, 2.24) is 0 Å². The number of rotatable bonds is 4. The van der Waals surface area contributed by atoms with Crippen molar-refractivity contribution in [3.8, 4) is 0 Å². The van der Waals surface area contributed by atoms with Crippen molar-refractivity contribution in [3.63, 3.8) is 0 Å². The molecule has 0 aliphatic heterocycles. The molecule has 3 atom stereocenters. The molecule has 0 bridgehead atoms. The second-order valence-corrected chi connectivity index (χ2v) is 3.87. The van der Waals surface area contributed by atoms with E-state index in [9.17, 15) is 0 Å². The van der Waals surface area contributed by atoms with Gasteiger partial charge in [-0.2, -0.15) is 0 Å². The molecule has 0 spiro atoms. The summed E-state index contributed by atoms with van der Waals surface area (Å²) in [4.78, 5) is 0. The van der Waals surface area contributed by atoms with Gasteiger partial charge >= 0.3 is 0 Å². The Bertz CT molecular complexity index is 138. The molecular formula is C9H19NO2. The van der Waals surface area contributed by atoms with Crippen LogP contribution >= 0.6 is 0 Å². The molecule has 1 aliphatic rings. The van der Waals surface area contributed by atoms with Gasteiger partial charge in [-0.1, -0.05) is 13.8 Å². The van der Waals surface area contributed by atoms with Gasteiger partial charge in [-0.05, 0) is 12.3 Å². The van der Waals surface area contributed by atoms with Crippen LogP contribution in [0.25, 0.3) is 0 Å². The maximum absolute atomic E-state index is 5.73. The third kappa shape index (κ3) is 2.19. The monoisotopic (exact) mass is 173 g/mol. The maximum Gasteiger partial charge on any atom is 0.0984 e. The highest BCUT2D eigenvalue weighted by Crippen LogP contribution is 2.25. The number of hydrogen-bond donors (Lipinski definition) is 1. The first-order chi connectivity index (χ1) is 5.65. The van der Waals surface area contributed by atoms with Crippen molar-refractivity contribution >= 4 is 0 Å². The summed E-state index contributed by atoms with van der Waals surface area (Å²) in [6.07, 6.45) is 1.28. The standard InChI is InChI=1S/C9H19NO2/c1-6(2)5-12-8-4-7(10)9(8)11-3/h6-9H,4-5,10H2,1-3H3. The zero-order valence-corrected chi connectivity index (χ0v) is 8.12. The molecule has 3 nitrogen and oxygen atoms in total. The molecule has 0 aromatic carbocycles. The lowest BCUT2D eigenvalue weighted by Gasteiger charge is -2.41. The molecule has 0 aromatic heterocycles. The third-order valence-corrected chi connectivity index (χ3v) is 2.21. The van der Waals surface area contributed by atoms with Crippen molar-refractivity contribution in [1.29, 1.82) is 0 Å². The normalized spacial score (nSPS) is 35.2. The van der Waals surface area contributed by atoms with Crippen LogP contribution < -0.4 is 5.73 Å². The minimum absolute atomic E-state index is 0.115. The fourth-order valence-electron chi connectivity index (χ4n) is 1.42. The van der Waals surface area contributed by atoms with Crippen LogP contribution in [0.15, 0.2) is 0 Å². The molecular weight excluding hydrogens is 154 g/mol. The number of methoxy groups -OCH3 is 1. The molecule has 0 heterocycles. The van der Waals surface area contributed by atoms with Crippen molar-refractivity contribution in [3.05, 3.63) is 0 Å². The summed E-state index contributed by atoms with van der Waals surface area (Å²) in [6.45, 7) is 5.08. The topological polar surface area (TPSA) is 44.5 Å². The van der Waals surface area contributed by atoms with Gasteiger partial charge < -0.3 is 15.2 Å². The molecule has 0 saturated heterocycles. The Morgan fingerprint density at radius 1 is 1.50 bits per heavy atom. The summed E-state index contributed by atoms with van der Waals surface area (Å²) < 4.78 is 10.8. The van der Waals surface area contributed by atoms with Gasteiger partial charge in [0, 0.05) is 19.8 Å². The van der Waals surface area contributed by atoms with Gasteiger partial charge in [0.15, 0.2) is 0 Å². The van der Waals surface area contributed by atoms with Crippen LogP contribution in [0.1, 0.15) is 20.3 Å². The van der Waals surface area contributed by atoms with E-state index in [2.05, 4.69) is 13.8 Å². The van der Waals surface area contributed by atoms with Crippen molar-refractivity contribution in [2.75, 3.05) is 13.7 Å². The lowest BCUT2D eigenvalue weighted by molar-refractivity contribution is -0.130. The number of hydrogen-bond acceptors (Lipinski definition) is 3. The van der Waals surface area contributed by atoms with E-state index < -0.39 is 0 Å². The van der Waals surface area contributed by atoms with Gasteiger partial charge in [-0.3, -0.25) is 0 Å². The van der Waals surface area contributed by atoms with Crippen LogP contribution in [0, 0.1) is 5.92 Å². The second kappa shape index (κ2) is 4.21. The van der Waals surface area contributed by atoms with Crippen LogP contribution in [-0.2, 0) is 9.47 Å². The summed E-state index contributed by atoms with van der Waals surface area (Å²) in [5.74, 6) is 0.583. The molecule has 1 fully saturated rings. The summed E-state index contributed by atoms with van der Waals surface area (Å²) in [6, 6.07) is 0.173. The predicted molar refractivity (Wildman–Crippen MR) is 48.0 cm³/mol. The first-order valence-corrected chi connectivity index (χ1v) is 4.55. The van der Waals surface area contributed by atoms with Gasteiger partial charge in [-0.15, -0.1) is 0 Å². The highest BCUT2D eigenvalue weighted by molar-refractivity contribution is 4.94. The predicted octanol–water partition coefficient (Wildman–Crippen LogP) is 0.774. The Balaban J connectivity index is 2.17. The first kappa shape index (κ1) is 9.96. The Labute approximate surface area is 74.2 Å². The average Bonchev–Trinajstić information content (AvgIpc) is 1.97. The van der Waals surface area contributed by atoms with Crippen LogP contribution in [0.2, 0.25) is 0 Å². The van der Waals surface area contributed by atoms with E-state index in [1.165, 1.54) is 0 Å². The van der Waals surface area contributed by atoms with E-state index in [4.69, 9.17) is 15.2 Å². The Morgan fingerprint density at radius 3 is 2.58 bits per heavy atom. The number of ether oxygens (including phenoxy) is 2. The van der Waals surface area contributed by atoms with Crippen LogP contribution in [0.5, 0.6) is 0 Å². The van der Waals surface area contributed by atoms with Crippen LogP contribution in [0.3, 0.4) is 0 Å². The molecule has 2 N–H and O–H groups in total. The zero-order chi connectivity index (χ0) is 9.14. The molecule has 1 aliphatic carbocycles. The van der Waals surface area contributed by atoms with Crippen molar-refractivity contribution < 1.29 is 9.47 Å². The summed E-state index contributed by atoms with van der Waals surface area (Å²) in [5, 5.41) is 0. The van der Waals surface area contributed by atoms with Gasteiger partial charge in [0.1, 0.15) is 0 Å². The summed E-state index contributed by atoms with van der Waals surface area (Å²) >= 11 is 0. The fourth-order valence-corrected chi connectivity index (χ4v) is 1.42. The Morgan fingerprint density at radius 2 is 2.17 bits per heavy atom. The second-order valence-electron chi connectivity index (χ2n) is 3.87. The molecule has 3 heteroatoms. The minimum Gasteiger partial charge on any atom is -0.377 e. The van der Waals surface area contributed by atoms with E-state index in [0.29, 0.717) is 5.92 Å². The fraction of sp³-hybridized carbons (Fsp3) is 1.00. The van der Waals surface area contributed by atoms with Gasteiger partial charge in [-0.25, -0.2) is 0 Å². The molecule has 0 radical (unpaired) electrons. The highest BCUT2D eigenvalue weighted by atomic mass is 16.5. The van der Waals surface area contributed by atoms with Gasteiger partial charge in [0.05, 0.1) is 12.2 Å². The van der Waals surface area contributed by atoms with Crippen LogP contribution in [-0.4, -0.2) is 32.0 Å². The lowest BCUT2D eigenvalue weighted by atomic mass is 9.86. The van der Waals surface area contributed by atoms with E-state index in [1.54, 1.807) is 7.11 Å². The van der Waals surface area contributed by atoms with E-state index in [1.807, 2.05) is 0 Å².